The van der Waals surface area contributed by atoms with Gasteiger partial charge in [-0.15, -0.1) is 0 Å². The van der Waals surface area contributed by atoms with E-state index in [-0.39, 0.29) is 5.92 Å². The lowest BCUT2D eigenvalue weighted by atomic mass is 9.92. The summed E-state index contributed by atoms with van der Waals surface area (Å²) in [6, 6.07) is 69.2. The van der Waals surface area contributed by atoms with Crippen molar-refractivity contribution in [1.29, 1.82) is 0 Å². The van der Waals surface area contributed by atoms with Gasteiger partial charge in [0.05, 0.1) is 27.8 Å². The highest BCUT2D eigenvalue weighted by Crippen LogP contribution is 2.41. The Balaban J connectivity index is 1.18. The molecule has 5 nitrogen and oxygen atoms in total. The maximum Gasteiger partial charge on any atom is 0.166 e. The van der Waals surface area contributed by atoms with Gasteiger partial charge < -0.3 is 9.13 Å². The minimum atomic E-state index is 0.282. The number of fused-ring (bicyclic) bond motifs is 6. The summed E-state index contributed by atoms with van der Waals surface area (Å²) >= 11 is 0. The van der Waals surface area contributed by atoms with Gasteiger partial charge in [-0.25, -0.2) is 15.0 Å². The Bertz CT molecular complexity index is 3430. The van der Waals surface area contributed by atoms with E-state index in [0.29, 0.717) is 17.5 Å². The molecule has 1 aliphatic carbocycles. The summed E-state index contributed by atoms with van der Waals surface area (Å²) in [6.07, 6.45) is 9.86. The molecular weight excluding hydrogens is 755 g/mol. The van der Waals surface area contributed by atoms with E-state index < -0.39 is 0 Å². The Morgan fingerprint density at radius 1 is 0.387 bits per heavy atom. The van der Waals surface area contributed by atoms with Gasteiger partial charge in [-0.3, -0.25) is 0 Å². The van der Waals surface area contributed by atoms with E-state index in [1.54, 1.807) is 0 Å². The van der Waals surface area contributed by atoms with Crippen LogP contribution < -0.4 is 0 Å². The van der Waals surface area contributed by atoms with Crippen LogP contribution in [0, 0.1) is 0 Å². The van der Waals surface area contributed by atoms with Crippen LogP contribution in [0.2, 0.25) is 0 Å². The average molecular weight is 794 g/mol. The van der Waals surface area contributed by atoms with Crippen LogP contribution in [0.3, 0.4) is 0 Å². The molecular formula is C57H39N5. The third-order valence-electron chi connectivity index (χ3n) is 12.3. The van der Waals surface area contributed by atoms with Gasteiger partial charge in [0.1, 0.15) is 0 Å². The third kappa shape index (κ3) is 6.05. The molecule has 3 aromatic heterocycles. The van der Waals surface area contributed by atoms with Gasteiger partial charge in [0.15, 0.2) is 17.5 Å². The summed E-state index contributed by atoms with van der Waals surface area (Å²) in [4.78, 5) is 15.7. The normalized spacial score (nSPS) is 13.8. The topological polar surface area (TPSA) is 48.5 Å². The van der Waals surface area contributed by atoms with Gasteiger partial charge in [-0.2, -0.15) is 0 Å². The van der Waals surface area contributed by atoms with Crippen molar-refractivity contribution in [3.8, 4) is 56.7 Å². The van der Waals surface area contributed by atoms with Crippen LogP contribution >= 0.6 is 0 Å². The molecule has 8 aromatic carbocycles. The smallest absolute Gasteiger partial charge is 0.166 e. The zero-order valence-electron chi connectivity index (χ0n) is 33.8. The van der Waals surface area contributed by atoms with Crippen LogP contribution in [-0.4, -0.2) is 24.1 Å². The van der Waals surface area contributed by atoms with Crippen molar-refractivity contribution < 1.29 is 0 Å². The van der Waals surface area contributed by atoms with Crippen molar-refractivity contribution in [2.75, 3.05) is 0 Å². The zero-order chi connectivity index (χ0) is 41.0. The Morgan fingerprint density at radius 2 is 0.935 bits per heavy atom. The van der Waals surface area contributed by atoms with Gasteiger partial charge in [0.2, 0.25) is 0 Å². The number of aromatic nitrogens is 5. The highest BCUT2D eigenvalue weighted by atomic mass is 15.1. The molecule has 1 aliphatic rings. The molecule has 11 aromatic rings. The second-order valence-electron chi connectivity index (χ2n) is 16.0. The lowest BCUT2D eigenvalue weighted by molar-refractivity contribution is 0.855. The maximum absolute atomic E-state index is 5.29. The van der Waals surface area contributed by atoms with Crippen LogP contribution in [0.15, 0.2) is 218 Å². The summed E-state index contributed by atoms with van der Waals surface area (Å²) in [5.74, 6) is 2.15. The third-order valence-corrected chi connectivity index (χ3v) is 12.3. The fourth-order valence-electron chi connectivity index (χ4n) is 9.33. The predicted molar refractivity (Wildman–Crippen MR) is 256 cm³/mol. The van der Waals surface area contributed by atoms with Gasteiger partial charge in [0.25, 0.3) is 0 Å². The summed E-state index contributed by atoms with van der Waals surface area (Å²) in [5.41, 5.74) is 13.0. The quantitative estimate of drug-likeness (QED) is 0.161. The molecule has 292 valence electrons. The Kier molecular flexibility index (Phi) is 8.56. The van der Waals surface area contributed by atoms with E-state index in [1.807, 2.05) is 36.4 Å². The Morgan fingerprint density at radius 3 is 1.56 bits per heavy atom. The molecule has 0 aliphatic heterocycles. The number of hydrogen-bond donors (Lipinski definition) is 0. The summed E-state index contributed by atoms with van der Waals surface area (Å²) in [5, 5.41) is 4.84. The molecule has 5 heteroatoms. The second-order valence-corrected chi connectivity index (χ2v) is 16.0. The van der Waals surface area contributed by atoms with Crippen LogP contribution in [0.5, 0.6) is 0 Å². The van der Waals surface area contributed by atoms with Crippen molar-refractivity contribution in [3.05, 3.63) is 224 Å². The molecule has 0 radical (unpaired) electrons. The lowest BCUT2D eigenvalue weighted by Gasteiger charge is -2.18. The van der Waals surface area contributed by atoms with Crippen molar-refractivity contribution >= 4 is 43.6 Å². The standard InChI is InChI=1S/C57H39N5/c1-5-17-38(18-6-1)42-29-32-47-48-34-31-44(61-50-27-15-13-25-45(50)46-26-14-16-28-51(46)61)37-54(48)62(52(47)35-42)53-36-43(39-19-7-2-8-20-39)30-33-49(53)57-59-55(40-21-9-3-10-22-40)58-56(60-57)41-23-11-4-12-24-41/h1-17,19-38H,18H2. The molecule has 1 atom stereocenters. The first-order chi connectivity index (χ1) is 30.7. The summed E-state index contributed by atoms with van der Waals surface area (Å²) in [7, 11) is 0. The van der Waals surface area contributed by atoms with E-state index in [1.165, 1.54) is 38.1 Å². The highest BCUT2D eigenvalue weighted by molar-refractivity contribution is 6.12. The largest absolute Gasteiger partial charge is 0.309 e. The first kappa shape index (κ1) is 35.8. The molecule has 0 fully saturated rings. The Labute approximate surface area is 359 Å². The zero-order valence-corrected chi connectivity index (χ0v) is 33.8. The van der Waals surface area contributed by atoms with Gasteiger partial charge >= 0.3 is 0 Å². The molecule has 0 amide bonds. The predicted octanol–water partition coefficient (Wildman–Crippen LogP) is 14.3. The monoisotopic (exact) mass is 793 g/mol. The van der Waals surface area contributed by atoms with E-state index in [2.05, 4.69) is 191 Å². The van der Waals surface area contributed by atoms with Crippen LogP contribution in [0.4, 0.5) is 0 Å². The summed E-state index contributed by atoms with van der Waals surface area (Å²) < 4.78 is 4.87. The molecule has 0 saturated carbocycles. The molecule has 0 saturated heterocycles. The van der Waals surface area contributed by atoms with E-state index in [0.717, 1.165) is 56.6 Å². The van der Waals surface area contributed by atoms with Gasteiger partial charge in [-0.1, -0.05) is 176 Å². The number of para-hydroxylation sites is 2. The van der Waals surface area contributed by atoms with Crippen molar-refractivity contribution in [1.82, 2.24) is 24.1 Å². The van der Waals surface area contributed by atoms with Crippen molar-refractivity contribution in [2.24, 2.45) is 0 Å². The lowest BCUT2D eigenvalue weighted by Crippen LogP contribution is -2.04. The molecule has 12 rings (SSSR count). The average Bonchev–Trinajstić information content (AvgIpc) is 3.87. The summed E-state index contributed by atoms with van der Waals surface area (Å²) in [6.45, 7) is 0. The molecule has 0 spiro atoms. The molecule has 1 unspecified atom stereocenters. The first-order valence-electron chi connectivity index (χ1n) is 21.2. The number of nitrogens with zero attached hydrogens (tertiary/aromatic N) is 5. The van der Waals surface area contributed by atoms with Gasteiger partial charge in [0, 0.05) is 49.8 Å². The van der Waals surface area contributed by atoms with E-state index in [9.17, 15) is 0 Å². The van der Waals surface area contributed by atoms with Crippen molar-refractivity contribution in [2.45, 2.75) is 12.3 Å². The molecule has 62 heavy (non-hydrogen) atoms. The van der Waals surface area contributed by atoms with Crippen LogP contribution in [0.1, 0.15) is 17.9 Å². The minimum absolute atomic E-state index is 0.282. The van der Waals surface area contributed by atoms with E-state index in [4.69, 9.17) is 15.0 Å². The minimum Gasteiger partial charge on any atom is -0.309 e. The second kappa shape index (κ2) is 14.8. The van der Waals surface area contributed by atoms with Gasteiger partial charge in [-0.05, 0) is 65.6 Å². The molecule has 3 heterocycles. The van der Waals surface area contributed by atoms with Crippen LogP contribution in [-0.2, 0) is 0 Å². The fourth-order valence-corrected chi connectivity index (χ4v) is 9.33. The number of rotatable bonds is 7. The first-order valence-corrected chi connectivity index (χ1v) is 21.2. The fraction of sp³-hybridized carbons (Fsp3) is 0.0351. The number of allylic oxidation sites excluding steroid dienone is 4. The number of benzene rings is 8. The van der Waals surface area contributed by atoms with E-state index >= 15 is 0 Å². The highest BCUT2D eigenvalue weighted by Gasteiger charge is 2.23. The number of hydrogen-bond acceptors (Lipinski definition) is 3. The maximum atomic E-state index is 5.29. The Hall–Kier alpha value is -8.15. The SMILES string of the molecule is C1=CCC(c2ccc3c4ccc(-n5c6ccccc6c6ccccc65)cc4n(-c4cc(-c5ccccc5)ccc4-c4nc(-c5ccccc5)nc(-c5ccccc5)n4)c3c2)C=C1. The van der Waals surface area contributed by atoms with Crippen LogP contribution in [0.25, 0.3) is 100 Å². The molecule has 0 bridgehead atoms. The molecule has 0 N–H and O–H groups in total. The van der Waals surface area contributed by atoms with Crippen molar-refractivity contribution in [3.63, 3.8) is 0 Å².